The van der Waals surface area contributed by atoms with Crippen molar-refractivity contribution in [2.24, 2.45) is 0 Å². The summed E-state index contributed by atoms with van der Waals surface area (Å²) in [5.74, 6) is 1.77. The standard InChI is InChI=1S/C18H17ClN2O3S2/c1-24-15-7-6-13(19)10-14(15)17(23)21-20-16(22)11-2-4-12(5-3-11)18-25-8-9-26-18/h2-7,10,18H,8-9H2,1H3,(H,20,22)(H,21,23). The van der Waals surface area contributed by atoms with E-state index in [4.69, 9.17) is 16.3 Å². The molecule has 1 heterocycles. The van der Waals surface area contributed by atoms with Crippen LogP contribution in [0.5, 0.6) is 5.75 Å². The number of hydrazine groups is 1. The monoisotopic (exact) mass is 408 g/mol. The van der Waals surface area contributed by atoms with Gasteiger partial charge in [0, 0.05) is 22.1 Å². The van der Waals surface area contributed by atoms with Crippen LogP contribution in [-0.4, -0.2) is 30.4 Å². The van der Waals surface area contributed by atoms with Crippen molar-refractivity contribution >= 4 is 46.9 Å². The summed E-state index contributed by atoms with van der Waals surface area (Å²) in [5.41, 5.74) is 6.70. The summed E-state index contributed by atoms with van der Waals surface area (Å²) in [7, 11) is 1.46. The van der Waals surface area contributed by atoms with E-state index in [9.17, 15) is 9.59 Å². The molecule has 2 aromatic carbocycles. The van der Waals surface area contributed by atoms with Gasteiger partial charge in [0.25, 0.3) is 11.8 Å². The van der Waals surface area contributed by atoms with E-state index in [2.05, 4.69) is 10.9 Å². The fourth-order valence-corrected chi connectivity index (χ4v) is 5.48. The Hall–Kier alpha value is -1.83. The molecule has 0 aliphatic carbocycles. The van der Waals surface area contributed by atoms with Crippen molar-refractivity contribution < 1.29 is 14.3 Å². The van der Waals surface area contributed by atoms with Gasteiger partial charge >= 0.3 is 0 Å². The normalized spacial score (nSPS) is 14.1. The predicted molar refractivity (Wildman–Crippen MR) is 107 cm³/mol. The summed E-state index contributed by atoms with van der Waals surface area (Å²) >= 11 is 9.74. The number of benzene rings is 2. The number of carbonyl (C=O) groups is 2. The molecule has 1 aliphatic rings. The number of rotatable bonds is 4. The van der Waals surface area contributed by atoms with Gasteiger partial charge in [0.05, 0.1) is 17.3 Å². The molecule has 1 fully saturated rings. The number of methoxy groups -OCH3 is 1. The molecule has 2 amide bonds. The number of nitrogens with one attached hydrogen (secondary N) is 2. The Morgan fingerprint density at radius 2 is 1.69 bits per heavy atom. The lowest BCUT2D eigenvalue weighted by molar-refractivity contribution is 0.0845. The van der Waals surface area contributed by atoms with Crippen molar-refractivity contribution in [3.8, 4) is 5.75 Å². The highest BCUT2D eigenvalue weighted by Crippen LogP contribution is 2.45. The van der Waals surface area contributed by atoms with Gasteiger partial charge in [-0.2, -0.15) is 0 Å². The minimum absolute atomic E-state index is 0.242. The zero-order valence-corrected chi connectivity index (χ0v) is 16.3. The summed E-state index contributed by atoms with van der Waals surface area (Å²) in [6, 6.07) is 12.1. The van der Waals surface area contributed by atoms with E-state index >= 15 is 0 Å². The van der Waals surface area contributed by atoms with Crippen molar-refractivity contribution in [2.75, 3.05) is 18.6 Å². The predicted octanol–water partition coefficient (Wildman–Crippen LogP) is 3.90. The van der Waals surface area contributed by atoms with Crippen LogP contribution in [0.25, 0.3) is 0 Å². The molecule has 0 aromatic heterocycles. The molecule has 0 spiro atoms. The number of hydrogen-bond donors (Lipinski definition) is 2. The first-order valence-electron chi connectivity index (χ1n) is 7.86. The van der Waals surface area contributed by atoms with Crippen LogP contribution in [0.15, 0.2) is 42.5 Å². The number of carbonyl (C=O) groups excluding carboxylic acids is 2. The Labute approximate surface area is 165 Å². The molecule has 136 valence electrons. The molecule has 26 heavy (non-hydrogen) atoms. The minimum atomic E-state index is -0.506. The first kappa shape index (κ1) is 18.9. The van der Waals surface area contributed by atoms with E-state index < -0.39 is 11.8 Å². The van der Waals surface area contributed by atoms with Crippen LogP contribution >= 0.6 is 35.1 Å². The lowest BCUT2D eigenvalue weighted by Gasteiger charge is -2.12. The Kier molecular flexibility index (Phi) is 6.34. The fourth-order valence-electron chi connectivity index (χ4n) is 2.45. The Morgan fingerprint density at radius 3 is 2.35 bits per heavy atom. The molecule has 3 rings (SSSR count). The van der Waals surface area contributed by atoms with Crippen molar-refractivity contribution in [1.82, 2.24) is 10.9 Å². The van der Waals surface area contributed by atoms with Gasteiger partial charge in [-0.1, -0.05) is 23.7 Å². The highest BCUT2D eigenvalue weighted by atomic mass is 35.5. The zero-order valence-electron chi connectivity index (χ0n) is 14.0. The number of amides is 2. The smallest absolute Gasteiger partial charge is 0.273 e. The average molecular weight is 409 g/mol. The lowest BCUT2D eigenvalue weighted by Crippen LogP contribution is -2.41. The summed E-state index contributed by atoms with van der Waals surface area (Å²) < 4.78 is 5.57. The molecule has 0 bridgehead atoms. The Balaban J connectivity index is 1.61. The number of halogens is 1. The van der Waals surface area contributed by atoms with Gasteiger partial charge in [-0.3, -0.25) is 20.4 Å². The van der Waals surface area contributed by atoms with Crippen LogP contribution in [0.1, 0.15) is 30.9 Å². The average Bonchev–Trinajstić information content (AvgIpc) is 3.20. The second-order valence-corrected chi connectivity index (χ2v) is 8.61. The second-order valence-electron chi connectivity index (χ2n) is 5.45. The Bertz CT molecular complexity index is 809. The summed E-state index contributed by atoms with van der Waals surface area (Å²) in [4.78, 5) is 24.5. The largest absolute Gasteiger partial charge is 0.496 e. The van der Waals surface area contributed by atoms with Crippen LogP contribution in [0.4, 0.5) is 0 Å². The van der Waals surface area contributed by atoms with Gasteiger partial charge in [0.2, 0.25) is 0 Å². The van der Waals surface area contributed by atoms with E-state index in [0.29, 0.717) is 20.9 Å². The summed E-state index contributed by atoms with van der Waals surface area (Å²) in [5, 5.41) is 0.403. The molecule has 8 heteroatoms. The topological polar surface area (TPSA) is 67.4 Å². The van der Waals surface area contributed by atoms with E-state index in [1.54, 1.807) is 24.3 Å². The van der Waals surface area contributed by atoms with Crippen LogP contribution in [0.2, 0.25) is 5.02 Å². The van der Waals surface area contributed by atoms with Crippen molar-refractivity contribution in [1.29, 1.82) is 0 Å². The molecule has 0 saturated carbocycles. The summed E-state index contributed by atoms with van der Waals surface area (Å²) in [6.07, 6.45) is 0. The lowest BCUT2D eigenvalue weighted by atomic mass is 10.1. The first-order chi connectivity index (χ1) is 12.6. The maximum absolute atomic E-state index is 12.3. The Morgan fingerprint density at radius 1 is 1.04 bits per heavy atom. The van der Waals surface area contributed by atoms with Crippen LogP contribution in [0.3, 0.4) is 0 Å². The molecule has 0 atom stereocenters. The number of hydrogen-bond acceptors (Lipinski definition) is 5. The molecular weight excluding hydrogens is 392 g/mol. The van der Waals surface area contributed by atoms with Gasteiger partial charge in [-0.15, -0.1) is 23.5 Å². The van der Waals surface area contributed by atoms with Crippen LogP contribution in [0, 0.1) is 0 Å². The molecule has 5 nitrogen and oxygen atoms in total. The quantitative estimate of drug-likeness (QED) is 0.751. The van der Waals surface area contributed by atoms with Gasteiger partial charge in [0.1, 0.15) is 5.75 Å². The number of ether oxygens (including phenoxy) is 1. The maximum Gasteiger partial charge on any atom is 0.273 e. The van der Waals surface area contributed by atoms with E-state index in [-0.39, 0.29) is 5.56 Å². The highest BCUT2D eigenvalue weighted by Gasteiger charge is 2.19. The van der Waals surface area contributed by atoms with Gasteiger partial charge in [-0.25, -0.2) is 0 Å². The van der Waals surface area contributed by atoms with E-state index in [1.165, 1.54) is 18.7 Å². The molecule has 2 N–H and O–H groups in total. The SMILES string of the molecule is COc1ccc(Cl)cc1C(=O)NNC(=O)c1ccc(C2SCCS2)cc1. The molecule has 1 aliphatic heterocycles. The molecule has 1 saturated heterocycles. The van der Waals surface area contributed by atoms with E-state index in [0.717, 1.165) is 11.5 Å². The third-order valence-electron chi connectivity index (χ3n) is 3.76. The third-order valence-corrected chi connectivity index (χ3v) is 7.10. The van der Waals surface area contributed by atoms with Crippen LogP contribution in [-0.2, 0) is 0 Å². The first-order valence-corrected chi connectivity index (χ1v) is 10.3. The van der Waals surface area contributed by atoms with Crippen molar-refractivity contribution in [2.45, 2.75) is 4.58 Å². The molecule has 0 unspecified atom stereocenters. The molecular formula is C18H17ClN2O3S2. The van der Waals surface area contributed by atoms with Gasteiger partial charge < -0.3 is 4.74 Å². The van der Waals surface area contributed by atoms with Gasteiger partial charge in [0.15, 0.2) is 0 Å². The van der Waals surface area contributed by atoms with E-state index in [1.807, 2.05) is 35.7 Å². The zero-order chi connectivity index (χ0) is 18.5. The molecule has 2 aromatic rings. The molecule has 0 radical (unpaired) electrons. The second kappa shape index (κ2) is 8.70. The third kappa shape index (κ3) is 4.47. The van der Waals surface area contributed by atoms with Crippen LogP contribution < -0.4 is 15.6 Å². The maximum atomic E-state index is 12.3. The van der Waals surface area contributed by atoms with Crippen molar-refractivity contribution in [3.05, 3.63) is 64.2 Å². The fraction of sp³-hybridized carbons (Fsp3) is 0.222. The highest BCUT2D eigenvalue weighted by molar-refractivity contribution is 8.19. The summed E-state index contributed by atoms with van der Waals surface area (Å²) in [6.45, 7) is 0. The minimum Gasteiger partial charge on any atom is -0.496 e. The van der Waals surface area contributed by atoms with Crippen molar-refractivity contribution in [3.63, 3.8) is 0 Å². The number of thioether (sulfide) groups is 2. The van der Waals surface area contributed by atoms with Gasteiger partial charge in [-0.05, 0) is 35.9 Å².